The number of hydrogen-bond donors (Lipinski definition) is 2. The molecule has 1 saturated heterocycles. The van der Waals surface area contributed by atoms with Gasteiger partial charge in [0.25, 0.3) is 6.43 Å². The van der Waals surface area contributed by atoms with Gasteiger partial charge < -0.3 is 10.6 Å². The van der Waals surface area contributed by atoms with E-state index in [-0.39, 0.29) is 15.8 Å². The predicted octanol–water partition coefficient (Wildman–Crippen LogP) is 2.69. The molecule has 1 atom stereocenters. The van der Waals surface area contributed by atoms with Gasteiger partial charge in [0.05, 0.1) is 9.79 Å². The molecular weight excluding hydrogens is 334 g/mol. The Labute approximate surface area is 139 Å². The van der Waals surface area contributed by atoms with E-state index < -0.39 is 21.8 Å². The standard InChI is InChI=1S/C17H18F2N2O2S/c18-17(19)16-13(14-11-20-9-10-21-14)7-4-8-15(16)24(22,23)12-5-2-1-3-6-12/h1-8,14,17,20-21H,9-11H2. The highest BCUT2D eigenvalue weighted by atomic mass is 32.2. The first-order valence-electron chi connectivity index (χ1n) is 7.67. The molecule has 1 unspecified atom stereocenters. The summed E-state index contributed by atoms with van der Waals surface area (Å²) in [6, 6.07) is 11.7. The van der Waals surface area contributed by atoms with E-state index in [1.807, 2.05) is 0 Å². The van der Waals surface area contributed by atoms with Crippen LogP contribution in [0.15, 0.2) is 58.3 Å². The van der Waals surface area contributed by atoms with Gasteiger partial charge in [0.2, 0.25) is 9.84 Å². The molecule has 2 N–H and O–H groups in total. The second kappa shape index (κ2) is 6.96. The maximum absolute atomic E-state index is 13.8. The van der Waals surface area contributed by atoms with Gasteiger partial charge in [-0.05, 0) is 23.8 Å². The summed E-state index contributed by atoms with van der Waals surface area (Å²) >= 11 is 0. The van der Waals surface area contributed by atoms with Crippen molar-refractivity contribution in [3.63, 3.8) is 0 Å². The zero-order chi connectivity index (χ0) is 17.2. The number of piperazine rings is 1. The zero-order valence-corrected chi connectivity index (χ0v) is 13.7. The van der Waals surface area contributed by atoms with E-state index in [1.165, 1.54) is 24.3 Å². The number of alkyl halides is 2. The Hall–Kier alpha value is -1.83. The molecule has 0 aromatic heterocycles. The third-order valence-electron chi connectivity index (χ3n) is 4.08. The lowest BCUT2D eigenvalue weighted by atomic mass is 9.99. The van der Waals surface area contributed by atoms with E-state index in [0.717, 1.165) is 6.54 Å². The summed E-state index contributed by atoms with van der Waals surface area (Å²) in [7, 11) is -4.00. The van der Waals surface area contributed by atoms with Crippen molar-refractivity contribution >= 4 is 9.84 Å². The fourth-order valence-electron chi connectivity index (χ4n) is 2.93. The van der Waals surface area contributed by atoms with Gasteiger partial charge >= 0.3 is 0 Å². The average molecular weight is 352 g/mol. The molecule has 7 heteroatoms. The van der Waals surface area contributed by atoms with Gasteiger partial charge in [-0.3, -0.25) is 0 Å². The summed E-state index contributed by atoms with van der Waals surface area (Å²) < 4.78 is 53.2. The van der Waals surface area contributed by atoms with Gasteiger partial charge in [0, 0.05) is 31.2 Å². The molecule has 0 saturated carbocycles. The number of halogens is 2. The van der Waals surface area contributed by atoms with Crippen LogP contribution in [0, 0.1) is 0 Å². The molecular formula is C17H18F2N2O2S. The maximum atomic E-state index is 13.8. The van der Waals surface area contributed by atoms with Crippen molar-refractivity contribution in [3.8, 4) is 0 Å². The first-order chi connectivity index (χ1) is 11.5. The summed E-state index contributed by atoms with van der Waals surface area (Å²) in [5.41, 5.74) is -0.0863. The summed E-state index contributed by atoms with van der Waals surface area (Å²) in [6.45, 7) is 1.88. The molecule has 0 aliphatic carbocycles. The first-order valence-corrected chi connectivity index (χ1v) is 9.15. The zero-order valence-electron chi connectivity index (χ0n) is 12.9. The molecule has 0 spiro atoms. The molecule has 1 fully saturated rings. The van der Waals surface area contributed by atoms with Crippen molar-refractivity contribution in [3.05, 3.63) is 59.7 Å². The Morgan fingerprint density at radius 1 is 1.00 bits per heavy atom. The number of benzene rings is 2. The predicted molar refractivity (Wildman–Crippen MR) is 86.9 cm³/mol. The van der Waals surface area contributed by atoms with Crippen molar-refractivity contribution in [2.75, 3.05) is 19.6 Å². The fourth-order valence-corrected chi connectivity index (χ4v) is 4.46. The Kier molecular flexibility index (Phi) is 4.93. The molecule has 0 bridgehead atoms. The SMILES string of the molecule is O=S(=O)(c1ccccc1)c1cccc(C2CNCCN2)c1C(F)F. The Bertz CT molecular complexity index is 805. The monoisotopic (exact) mass is 352 g/mol. The van der Waals surface area contributed by atoms with Crippen LogP contribution in [0.3, 0.4) is 0 Å². The summed E-state index contributed by atoms with van der Waals surface area (Å²) in [5, 5.41) is 6.29. The van der Waals surface area contributed by atoms with E-state index in [0.29, 0.717) is 18.7 Å². The largest absolute Gasteiger partial charge is 0.314 e. The molecule has 24 heavy (non-hydrogen) atoms. The lowest BCUT2D eigenvalue weighted by Crippen LogP contribution is -2.43. The summed E-state index contributed by atoms with van der Waals surface area (Å²) in [6.07, 6.45) is -2.88. The lowest BCUT2D eigenvalue weighted by molar-refractivity contribution is 0.145. The quantitative estimate of drug-likeness (QED) is 0.888. The maximum Gasteiger partial charge on any atom is 0.265 e. The first kappa shape index (κ1) is 17.0. The summed E-state index contributed by atoms with van der Waals surface area (Å²) in [4.78, 5) is -0.313. The molecule has 1 aliphatic heterocycles. The smallest absolute Gasteiger partial charge is 0.265 e. The van der Waals surface area contributed by atoms with E-state index in [4.69, 9.17) is 0 Å². The van der Waals surface area contributed by atoms with Crippen LogP contribution in [-0.4, -0.2) is 28.1 Å². The molecule has 4 nitrogen and oxygen atoms in total. The van der Waals surface area contributed by atoms with Crippen LogP contribution in [0.2, 0.25) is 0 Å². The van der Waals surface area contributed by atoms with E-state index in [9.17, 15) is 17.2 Å². The normalized spacial score (nSPS) is 18.7. The Morgan fingerprint density at radius 3 is 2.38 bits per heavy atom. The highest BCUT2D eigenvalue weighted by Crippen LogP contribution is 2.35. The van der Waals surface area contributed by atoms with Gasteiger partial charge in [-0.25, -0.2) is 17.2 Å². The molecule has 2 aromatic rings. The Balaban J connectivity index is 2.15. The van der Waals surface area contributed by atoms with Gasteiger partial charge in [0.15, 0.2) is 0 Å². The second-order valence-electron chi connectivity index (χ2n) is 5.59. The molecule has 0 amide bonds. The van der Waals surface area contributed by atoms with Crippen LogP contribution in [0.5, 0.6) is 0 Å². The topological polar surface area (TPSA) is 58.2 Å². The minimum atomic E-state index is -4.00. The molecule has 1 aliphatic rings. The molecule has 3 rings (SSSR count). The number of nitrogens with one attached hydrogen (secondary N) is 2. The van der Waals surface area contributed by atoms with Gasteiger partial charge in [-0.2, -0.15) is 0 Å². The van der Waals surface area contributed by atoms with Crippen LogP contribution in [0.4, 0.5) is 8.78 Å². The van der Waals surface area contributed by atoms with Gasteiger partial charge in [0.1, 0.15) is 0 Å². The van der Waals surface area contributed by atoms with Crippen LogP contribution in [0.1, 0.15) is 23.6 Å². The fraction of sp³-hybridized carbons (Fsp3) is 0.294. The minimum absolute atomic E-state index is 0.0128. The number of rotatable bonds is 4. The lowest BCUT2D eigenvalue weighted by Gasteiger charge is -2.27. The van der Waals surface area contributed by atoms with Crippen molar-refractivity contribution in [2.45, 2.75) is 22.3 Å². The molecule has 128 valence electrons. The second-order valence-corrected chi connectivity index (χ2v) is 7.51. The van der Waals surface area contributed by atoms with Crippen LogP contribution >= 0.6 is 0 Å². The molecule has 2 aromatic carbocycles. The summed E-state index contributed by atoms with van der Waals surface area (Å²) in [5.74, 6) is 0. The third-order valence-corrected chi connectivity index (χ3v) is 5.91. The highest BCUT2D eigenvalue weighted by molar-refractivity contribution is 7.91. The Morgan fingerprint density at radius 2 is 1.75 bits per heavy atom. The minimum Gasteiger partial charge on any atom is -0.314 e. The van der Waals surface area contributed by atoms with Crippen LogP contribution in [-0.2, 0) is 9.84 Å². The highest BCUT2D eigenvalue weighted by Gasteiger charge is 2.30. The van der Waals surface area contributed by atoms with Crippen molar-refractivity contribution in [1.29, 1.82) is 0 Å². The third kappa shape index (κ3) is 3.19. The van der Waals surface area contributed by atoms with Gasteiger partial charge in [-0.1, -0.05) is 30.3 Å². The number of sulfone groups is 1. The van der Waals surface area contributed by atoms with Crippen LogP contribution in [0.25, 0.3) is 0 Å². The van der Waals surface area contributed by atoms with Crippen molar-refractivity contribution in [1.82, 2.24) is 10.6 Å². The molecule has 1 heterocycles. The average Bonchev–Trinajstić information content (AvgIpc) is 2.62. The van der Waals surface area contributed by atoms with Gasteiger partial charge in [-0.15, -0.1) is 0 Å². The van der Waals surface area contributed by atoms with E-state index in [1.54, 1.807) is 24.3 Å². The molecule has 0 radical (unpaired) electrons. The van der Waals surface area contributed by atoms with E-state index in [2.05, 4.69) is 10.6 Å². The number of hydrogen-bond acceptors (Lipinski definition) is 4. The van der Waals surface area contributed by atoms with Crippen molar-refractivity contribution < 1.29 is 17.2 Å². The van der Waals surface area contributed by atoms with Crippen molar-refractivity contribution in [2.24, 2.45) is 0 Å². The van der Waals surface area contributed by atoms with Crippen LogP contribution < -0.4 is 10.6 Å². The van der Waals surface area contributed by atoms with E-state index >= 15 is 0 Å².